The molecule has 0 saturated heterocycles. The van der Waals surface area contributed by atoms with Crippen LogP contribution in [0.4, 0.5) is 0 Å². The van der Waals surface area contributed by atoms with E-state index in [2.05, 4.69) is 14.8 Å². The van der Waals surface area contributed by atoms with Gasteiger partial charge in [0.25, 0.3) is 5.91 Å². The molecule has 128 valence electrons. The fourth-order valence-electron chi connectivity index (χ4n) is 1.70. The van der Waals surface area contributed by atoms with Gasteiger partial charge in [-0.15, -0.1) is 0 Å². The number of hydroxylamine groups is 1. The maximum atomic E-state index is 11.7. The predicted molar refractivity (Wildman–Crippen MR) is 88.1 cm³/mol. The minimum absolute atomic E-state index is 0.252. The van der Waals surface area contributed by atoms with E-state index in [1.54, 1.807) is 48.5 Å². The summed E-state index contributed by atoms with van der Waals surface area (Å²) in [6.07, 6.45) is -0.413. The molecule has 8 nitrogen and oxygen atoms in total. The monoisotopic (exact) mass is 341 g/mol. The van der Waals surface area contributed by atoms with Gasteiger partial charge in [0, 0.05) is 0 Å². The minimum atomic E-state index is -0.722. The molecule has 25 heavy (non-hydrogen) atoms. The minimum Gasteiger partial charge on any atom is -0.384 e. The third-order valence-electron chi connectivity index (χ3n) is 2.86. The van der Waals surface area contributed by atoms with Crippen LogP contribution in [0.5, 0.6) is 0 Å². The first-order valence-electron chi connectivity index (χ1n) is 7.20. The van der Waals surface area contributed by atoms with Gasteiger partial charge < -0.3 is 15.4 Å². The topological polar surface area (TPSA) is 120 Å². The number of hydrogen-bond acceptors (Lipinski definition) is 6. The highest BCUT2D eigenvalue weighted by Crippen LogP contribution is 2.02. The van der Waals surface area contributed by atoms with Gasteiger partial charge in [-0.05, 0) is 24.3 Å². The summed E-state index contributed by atoms with van der Waals surface area (Å²) >= 11 is 0. The summed E-state index contributed by atoms with van der Waals surface area (Å²) in [4.78, 5) is 44.2. The van der Waals surface area contributed by atoms with Crippen molar-refractivity contribution in [2.45, 2.75) is 6.42 Å². The van der Waals surface area contributed by atoms with Gasteiger partial charge in [0.05, 0.1) is 17.5 Å². The van der Waals surface area contributed by atoms with Crippen molar-refractivity contribution in [1.29, 1.82) is 0 Å². The van der Waals surface area contributed by atoms with Gasteiger partial charge in [0.15, 0.2) is 0 Å². The van der Waals surface area contributed by atoms with E-state index >= 15 is 0 Å². The molecular weight excluding hydrogens is 326 g/mol. The van der Waals surface area contributed by atoms with Crippen molar-refractivity contribution in [3.8, 4) is 0 Å². The fraction of sp³-hybridized carbons (Fsp3) is 0.0588. The molecule has 8 heteroatoms. The van der Waals surface area contributed by atoms with Gasteiger partial charge in [0.1, 0.15) is 5.84 Å². The maximum Gasteiger partial charge on any atom is 0.365 e. The summed E-state index contributed by atoms with van der Waals surface area (Å²) in [7, 11) is 0. The Balaban J connectivity index is 1.77. The van der Waals surface area contributed by atoms with Gasteiger partial charge in [-0.25, -0.2) is 9.59 Å². The number of carbonyl (C=O) groups is 3. The lowest BCUT2D eigenvalue weighted by atomic mass is 10.2. The van der Waals surface area contributed by atoms with Crippen molar-refractivity contribution in [1.82, 2.24) is 5.48 Å². The Kier molecular flexibility index (Phi) is 6.24. The van der Waals surface area contributed by atoms with Crippen molar-refractivity contribution < 1.29 is 24.1 Å². The van der Waals surface area contributed by atoms with E-state index in [9.17, 15) is 14.4 Å². The number of nitrogens with one attached hydrogen (secondary N) is 1. The molecule has 0 aliphatic rings. The number of hydrogen-bond donors (Lipinski definition) is 2. The Morgan fingerprint density at radius 3 is 1.96 bits per heavy atom. The average molecular weight is 341 g/mol. The number of amidine groups is 1. The largest absolute Gasteiger partial charge is 0.384 e. The van der Waals surface area contributed by atoms with Crippen molar-refractivity contribution in [3.63, 3.8) is 0 Å². The number of carbonyl (C=O) groups excluding carboxylic acids is 3. The second-order valence-corrected chi connectivity index (χ2v) is 4.78. The zero-order chi connectivity index (χ0) is 18.1. The lowest BCUT2D eigenvalue weighted by molar-refractivity contribution is -0.128. The lowest BCUT2D eigenvalue weighted by Gasteiger charge is -2.05. The Hall–Kier alpha value is -3.68. The molecule has 0 aliphatic carbocycles. The molecule has 0 spiro atoms. The van der Waals surface area contributed by atoms with E-state index in [1.165, 1.54) is 12.1 Å². The van der Waals surface area contributed by atoms with Crippen LogP contribution in [-0.2, 0) is 14.5 Å². The van der Waals surface area contributed by atoms with Crippen molar-refractivity contribution >= 4 is 23.7 Å². The molecule has 2 aromatic rings. The summed E-state index contributed by atoms with van der Waals surface area (Å²) in [5, 5.41) is 3.37. The summed E-state index contributed by atoms with van der Waals surface area (Å²) in [6.45, 7) is 0. The number of benzene rings is 2. The number of nitrogens with two attached hydrogens (primary N) is 1. The summed E-state index contributed by atoms with van der Waals surface area (Å²) < 4.78 is 0. The van der Waals surface area contributed by atoms with Gasteiger partial charge in [-0.3, -0.25) is 4.79 Å². The maximum absolute atomic E-state index is 11.7. The van der Waals surface area contributed by atoms with Crippen LogP contribution in [0.15, 0.2) is 65.8 Å². The fourth-order valence-corrected chi connectivity index (χ4v) is 1.70. The van der Waals surface area contributed by atoms with Crippen LogP contribution in [0.1, 0.15) is 27.1 Å². The molecule has 0 aliphatic heterocycles. The average Bonchev–Trinajstić information content (AvgIpc) is 2.65. The van der Waals surface area contributed by atoms with Crippen LogP contribution in [0.25, 0.3) is 0 Å². The number of amides is 1. The van der Waals surface area contributed by atoms with Crippen molar-refractivity contribution in [2.75, 3.05) is 0 Å². The van der Waals surface area contributed by atoms with E-state index < -0.39 is 24.3 Å². The molecule has 2 aromatic carbocycles. The van der Waals surface area contributed by atoms with Gasteiger partial charge >= 0.3 is 11.9 Å². The van der Waals surface area contributed by atoms with Crippen molar-refractivity contribution in [2.24, 2.45) is 10.9 Å². The molecule has 0 bridgehead atoms. The summed E-state index contributed by atoms with van der Waals surface area (Å²) in [5.74, 6) is -2.40. The lowest BCUT2D eigenvalue weighted by Crippen LogP contribution is -2.31. The molecule has 3 N–H and O–H groups in total. The smallest absolute Gasteiger partial charge is 0.365 e. The predicted octanol–water partition coefficient (Wildman–Crippen LogP) is 1.39. The first-order chi connectivity index (χ1) is 12.1. The third kappa shape index (κ3) is 5.79. The first kappa shape index (κ1) is 17.7. The second kappa shape index (κ2) is 8.82. The number of oxime groups is 1. The van der Waals surface area contributed by atoms with Crippen LogP contribution in [0, 0.1) is 0 Å². The van der Waals surface area contributed by atoms with E-state index in [1.807, 2.05) is 5.48 Å². The summed E-state index contributed by atoms with van der Waals surface area (Å²) in [6, 6.07) is 16.3. The first-order valence-corrected chi connectivity index (χ1v) is 7.20. The Bertz CT molecular complexity index is 775. The van der Waals surface area contributed by atoms with Crippen LogP contribution in [0.2, 0.25) is 0 Å². The molecule has 1 amide bonds. The van der Waals surface area contributed by atoms with E-state index in [0.717, 1.165) is 0 Å². The third-order valence-corrected chi connectivity index (χ3v) is 2.86. The van der Waals surface area contributed by atoms with E-state index in [-0.39, 0.29) is 11.4 Å². The highest BCUT2D eigenvalue weighted by atomic mass is 16.7. The molecule has 0 radical (unpaired) electrons. The van der Waals surface area contributed by atoms with Crippen molar-refractivity contribution in [3.05, 3.63) is 71.8 Å². The zero-order valence-corrected chi connectivity index (χ0v) is 13.0. The van der Waals surface area contributed by atoms with Gasteiger partial charge in [-0.2, -0.15) is 5.48 Å². The normalized spacial score (nSPS) is 10.6. The van der Waals surface area contributed by atoms with Crippen LogP contribution < -0.4 is 11.2 Å². The summed E-state index contributed by atoms with van der Waals surface area (Å²) in [5.41, 5.74) is 8.00. The quantitative estimate of drug-likeness (QED) is 0.367. The highest BCUT2D eigenvalue weighted by molar-refractivity contribution is 5.99. The Labute approximate surface area is 143 Å². The highest BCUT2D eigenvalue weighted by Gasteiger charge is 2.12. The van der Waals surface area contributed by atoms with E-state index in [4.69, 9.17) is 5.73 Å². The zero-order valence-electron chi connectivity index (χ0n) is 13.0. The van der Waals surface area contributed by atoms with Gasteiger partial charge in [-0.1, -0.05) is 41.6 Å². The second-order valence-electron chi connectivity index (χ2n) is 4.78. The SMILES string of the molecule is N/C(CC(=O)NOC(=O)c1ccccc1)=N\OC(=O)c1ccccc1. The molecule has 0 saturated carbocycles. The van der Waals surface area contributed by atoms with Crippen LogP contribution in [0.3, 0.4) is 0 Å². The Morgan fingerprint density at radius 2 is 1.40 bits per heavy atom. The molecule has 0 aromatic heterocycles. The molecule has 0 fully saturated rings. The van der Waals surface area contributed by atoms with Gasteiger partial charge in [0.2, 0.25) is 0 Å². The Morgan fingerprint density at radius 1 is 0.880 bits per heavy atom. The molecular formula is C17H15N3O5. The number of rotatable bonds is 5. The molecule has 0 heterocycles. The van der Waals surface area contributed by atoms with Crippen LogP contribution >= 0.6 is 0 Å². The van der Waals surface area contributed by atoms with E-state index in [0.29, 0.717) is 5.56 Å². The molecule has 0 atom stereocenters. The molecule has 0 unspecified atom stereocenters. The molecule has 2 rings (SSSR count). The number of nitrogens with zero attached hydrogens (tertiary/aromatic N) is 1. The standard InChI is InChI=1S/C17H15N3O5/c18-14(19-24-16(22)12-7-3-1-4-8-12)11-15(21)20-25-17(23)13-9-5-2-6-10-13/h1-10H,11H2,(H2,18,19)(H,20,21). The van der Waals surface area contributed by atoms with Crippen LogP contribution in [-0.4, -0.2) is 23.7 Å².